The number of halogens is 2. The van der Waals surface area contributed by atoms with Gasteiger partial charge in [0.25, 0.3) is 0 Å². The smallest absolute Gasteiger partial charge is 0.125 e. The molecule has 1 unspecified atom stereocenters. The molecule has 0 spiro atoms. The van der Waals surface area contributed by atoms with Gasteiger partial charge < -0.3 is 4.74 Å². The molecule has 0 saturated carbocycles. The molecular formula is C10H12BrClO. The van der Waals surface area contributed by atoms with E-state index >= 15 is 0 Å². The van der Waals surface area contributed by atoms with Crippen molar-refractivity contribution in [2.24, 2.45) is 0 Å². The van der Waals surface area contributed by atoms with E-state index in [-0.39, 0.29) is 10.4 Å². The van der Waals surface area contributed by atoms with Crippen molar-refractivity contribution in [2.75, 3.05) is 0 Å². The average Bonchev–Trinajstić information content (AvgIpc) is 2.03. The van der Waals surface area contributed by atoms with Gasteiger partial charge in [-0.2, -0.15) is 0 Å². The summed E-state index contributed by atoms with van der Waals surface area (Å²) in [7, 11) is 0. The van der Waals surface area contributed by atoms with Crippen LogP contribution in [-0.2, 0) is 0 Å². The van der Waals surface area contributed by atoms with Crippen LogP contribution in [0, 0.1) is 0 Å². The van der Waals surface area contributed by atoms with Gasteiger partial charge in [0.2, 0.25) is 0 Å². The van der Waals surface area contributed by atoms with Crippen molar-refractivity contribution in [3.05, 3.63) is 29.8 Å². The van der Waals surface area contributed by atoms with Crippen LogP contribution in [-0.4, -0.2) is 6.10 Å². The minimum absolute atomic E-state index is 0.170. The minimum Gasteiger partial charge on any atom is -0.491 e. The van der Waals surface area contributed by atoms with Crippen molar-refractivity contribution < 1.29 is 4.74 Å². The van der Waals surface area contributed by atoms with E-state index < -0.39 is 0 Å². The summed E-state index contributed by atoms with van der Waals surface area (Å²) >= 11 is 9.24. The topological polar surface area (TPSA) is 9.23 Å². The minimum atomic E-state index is -0.192. The highest BCUT2D eigenvalue weighted by Gasteiger charge is 2.10. The third-order valence-corrected chi connectivity index (χ3v) is 2.25. The lowest BCUT2D eigenvalue weighted by atomic mass is 10.2. The van der Waals surface area contributed by atoms with E-state index in [0.717, 1.165) is 11.3 Å². The van der Waals surface area contributed by atoms with Gasteiger partial charge in [-0.15, -0.1) is 11.6 Å². The van der Waals surface area contributed by atoms with Gasteiger partial charge in [0.1, 0.15) is 10.0 Å². The largest absolute Gasteiger partial charge is 0.491 e. The van der Waals surface area contributed by atoms with Crippen molar-refractivity contribution in [3.63, 3.8) is 0 Å². The molecule has 0 fully saturated rings. The molecule has 0 heterocycles. The second kappa shape index (κ2) is 4.87. The lowest BCUT2D eigenvalue weighted by Gasteiger charge is -2.14. The molecule has 0 aliphatic carbocycles. The highest BCUT2D eigenvalue weighted by molar-refractivity contribution is 9.09. The summed E-state index contributed by atoms with van der Waals surface area (Å²) in [5.74, 6) is 0.842. The summed E-state index contributed by atoms with van der Waals surface area (Å²) in [5, 5.41) is 0. The zero-order valence-corrected chi connectivity index (χ0v) is 9.97. The first-order chi connectivity index (χ1) is 6.11. The fourth-order valence-corrected chi connectivity index (χ4v) is 1.58. The van der Waals surface area contributed by atoms with Crippen molar-refractivity contribution in [2.45, 2.75) is 24.2 Å². The van der Waals surface area contributed by atoms with Crippen molar-refractivity contribution >= 4 is 27.5 Å². The molecule has 1 aromatic carbocycles. The second-order valence-electron chi connectivity index (χ2n) is 3.01. The van der Waals surface area contributed by atoms with Crippen LogP contribution in [0.3, 0.4) is 0 Å². The normalized spacial score (nSPS) is 13.0. The summed E-state index contributed by atoms with van der Waals surface area (Å²) in [6.45, 7) is 3.99. The molecule has 0 aliphatic heterocycles. The summed E-state index contributed by atoms with van der Waals surface area (Å²) < 4.78 is 5.40. The van der Waals surface area contributed by atoms with Crippen LogP contribution in [0.1, 0.15) is 23.7 Å². The predicted molar refractivity (Wildman–Crippen MR) is 59.7 cm³/mol. The van der Waals surface area contributed by atoms with E-state index in [1.807, 2.05) is 38.1 Å². The highest BCUT2D eigenvalue weighted by Crippen LogP contribution is 2.34. The van der Waals surface area contributed by atoms with Gasteiger partial charge in [-0.3, -0.25) is 0 Å². The Balaban J connectivity index is 2.91. The van der Waals surface area contributed by atoms with Gasteiger partial charge in [0.05, 0.1) is 6.10 Å². The van der Waals surface area contributed by atoms with Gasteiger partial charge in [-0.25, -0.2) is 0 Å². The molecule has 3 heteroatoms. The van der Waals surface area contributed by atoms with Crippen LogP contribution < -0.4 is 4.74 Å². The van der Waals surface area contributed by atoms with E-state index in [0.29, 0.717) is 0 Å². The number of alkyl halides is 2. The summed E-state index contributed by atoms with van der Waals surface area (Å²) in [5.41, 5.74) is 0.970. The Kier molecular flexibility index (Phi) is 4.07. The van der Waals surface area contributed by atoms with Crippen LogP contribution in [0.2, 0.25) is 0 Å². The van der Waals surface area contributed by atoms with Gasteiger partial charge in [0, 0.05) is 5.56 Å². The van der Waals surface area contributed by atoms with Gasteiger partial charge in [0.15, 0.2) is 0 Å². The molecule has 1 nitrogen and oxygen atoms in total. The maximum atomic E-state index is 5.93. The average molecular weight is 264 g/mol. The Bertz CT molecular complexity index is 273. The maximum absolute atomic E-state index is 5.93. The van der Waals surface area contributed by atoms with Crippen LogP contribution >= 0.6 is 27.5 Å². The van der Waals surface area contributed by atoms with Crippen molar-refractivity contribution in [3.8, 4) is 5.75 Å². The van der Waals surface area contributed by atoms with Crippen LogP contribution in [0.25, 0.3) is 0 Å². The zero-order valence-electron chi connectivity index (χ0n) is 7.63. The molecule has 0 amide bonds. The number of ether oxygens (including phenoxy) is 1. The number of benzene rings is 1. The number of hydrogen-bond donors (Lipinski definition) is 0. The molecule has 0 bridgehead atoms. The van der Waals surface area contributed by atoms with Crippen molar-refractivity contribution in [1.82, 2.24) is 0 Å². The maximum Gasteiger partial charge on any atom is 0.125 e. The third-order valence-electron chi connectivity index (χ3n) is 1.52. The monoisotopic (exact) mass is 262 g/mol. The molecular weight excluding hydrogens is 251 g/mol. The summed E-state index contributed by atoms with van der Waals surface area (Å²) in [6.07, 6.45) is 0.170. The van der Waals surface area contributed by atoms with Crippen LogP contribution in [0.15, 0.2) is 24.3 Å². The molecule has 72 valence electrons. The van der Waals surface area contributed by atoms with Gasteiger partial charge in [-0.05, 0) is 19.9 Å². The molecule has 0 N–H and O–H groups in total. The molecule has 0 aromatic heterocycles. The van der Waals surface area contributed by atoms with E-state index in [9.17, 15) is 0 Å². The fraction of sp³-hybridized carbons (Fsp3) is 0.400. The first-order valence-corrected chi connectivity index (χ1v) is 5.50. The number of para-hydroxylation sites is 1. The fourth-order valence-electron chi connectivity index (χ4n) is 1.02. The molecule has 0 aliphatic rings. The summed E-state index contributed by atoms with van der Waals surface area (Å²) in [4.78, 5) is 0. The van der Waals surface area contributed by atoms with E-state index in [2.05, 4.69) is 15.9 Å². The second-order valence-corrected chi connectivity index (χ2v) is 4.88. The predicted octanol–water partition coefficient (Wildman–Crippen LogP) is 4.11. The Hall–Kier alpha value is -0.210. The quantitative estimate of drug-likeness (QED) is 0.746. The first-order valence-electron chi connectivity index (χ1n) is 4.15. The van der Waals surface area contributed by atoms with E-state index in [4.69, 9.17) is 16.3 Å². The van der Waals surface area contributed by atoms with Gasteiger partial charge >= 0.3 is 0 Å². The van der Waals surface area contributed by atoms with E-state index in [1.54, 1.807) is 0 Å². The van der Waals surface area contributed by atoms with Crippen molar-refractivity contribution in [1.29, 1.82) is 0 Å². The van der Waals surface area contributed by atoms with Crippen LogP contribution in [0.5, 0.6) is 5.75 Å². The lowest BCUT2D eigenvalue weighted by Crippen LogP contribution is -2.07. The molecule has 1 atom stereocenters. The Labute approximate surface area is 92.2 Å². The molecule has 1 rings (SSSR count). The molecule has 0 saturated heterocycles. The third kappa shape index (κ3) is 3.20. The SMILES string of the molecule is CC(C)Oc1ccccc1C(Cl)Br. The molecule has 0 radical (unpaired) electrons. The van der Waals surface area contributed by atoms with Crippen LogP contribution in [0.4, 0.5) is 0 Å². The number of hydrogen-bond acceptors (Lipinski definition) is 1. The van der Waals surface area contributed by atoms with Gasteiger partial charge in [-0.1, -0.05) is 34.1 Å². The standard InChI is InChI=1S/C10H12BrClO/c1-7(2)13-9-6-4-3-5-8(9)10(11)12/h3-7,10H,1-2H3. The Morgan fingerprint density at radius 2 is 1.92 bits per heavy atom. The molecule has 13 heavy (non-hydrogen) atoms. The lowest BCUT2D eigenvalue weighted by molar-refractivity contribution is 0.240. The molecule has 1 aromatic rings. The Morgan fingerprint density at radius 1 is 1.31 bits per heavy atom. The highest BCUT2D eigenvalue weighted by atomic mass is 79.9. The zero-order chi connectivity index (χ0) is 9.84. The Morgan fingerprint density at radius 3 is 2.46 bits per heavy atom. The summed E-state index contributed by atoms with van der Waals surface area (Å²) in [6, 6.07) is 7.75. The number of rotatable bonds is 3. The first kappa shape index (κ1) is 10.9. The van der Waals surface area contributed by atoms with E-state index in [1.165, 1.54) is 0 Å².